The van der Waals surface area contributed by atoms with Crippen molar-refractivity contribution in [3.05, 3.63) is 0 Å². The van der Waals surface area contributed by atoms with Crippen LogP contribution in [-0.4, -0.2) is 11.6 Å². The number of thiol groups is 1. The van der Waals surface area contributed by atoms with E-state index in [1.165, 1.54) is 36.4 Å². The Morgan fingerprint density at radius 1 is 1.43 bits per heavy atom. The fourth-order valence-corrected chi connectivity index (χ4v) is 0.921. The van der Waals surface area contributed by atoms with Gasteiger partial charge in [0.15, 0.2) is 0 Å². The van der Waals surface area contributed by atoms with Gasteiger partial charge in [-0.1, -0.05) is 25.6 Å². The summed E-state index contributed by atoms with van der Waals surface area (Å²) in [5.41, 5.74) is 0. The van der Waals surface area contributed by atoms with Crippen molar-refractivity contribution in [2.45, 2.75) is 26.2 Å². The van der Waals surface area contributed by atoms with Crippen LogP contribution in [0, 0.1) is 0 Å². The molecule has 0 aliphatic carbocycles. The molecule has 1 heteroatoms. The van der Waals surface area contributed by atoms with Gasteiger partial charge in [0.05, 0.1) is 0 Å². The zero-order valence-electron chi connectivity index (χ0n) is 4.98. The molecular formula is C6H14S. The smallest absolute Gasteiger partial charge is 0.0151 e. The average Bonchev–Trinajstić information content (AvgIpc) is 1.69. The van der Waals surface area contributed by atoms with Crippen LogP contribution in [0.5, 0.6) is 0 Å². The molecule has 0 bridgehead atoms. The molecule has 0 rings (SSSR count). The topological polar surface area (TPSA) is 0 Å². The van der Waals surface area contributed by atoms with Crippen molar-refractivity contribution in [3.63, 3.8) is 0 Å². The minimum atomic E-state index is 1.29. The molecule has 0 unspecified atom stereocenters. The van der Waals surface area contributed by atoms with Crippen molar-refractivity contribution in [1.82, 2.24) is 0 Å². The summed E-state index contributed by atoms with van der Waals surface area (Å²) in [5, 5.41) is 0. The van der Waals surface area contributed by atoms with Gasteiger partial charge < -0.3 is 0 Å². The summed E-state index contributed by atoms with van der Waals surface area (Å²) in [6.07, 6.45) is 4.07. The van der Waals surface area contributed by atoms with Crippen LogP contribution in [0.1, 0.15) is 26.2 Å². The maximum absolute atomic E-state index is 3.73. The Labute approximate surface area is 49.9 Å². The second-order valence-electron chi connectivity index (χ2n) is 1.65. The van der Waals surface area contributed by atoms with Gasteiger partial charge in [0, 0.05) is 0 Å². The zero-order valence-corrected chi connectivity index (χ0v) is 5.88. The summed E-state index contributed by atoms with van der Waals surface area (Å²) >= 11 is 1.30. The summed E-state index contributed by atoms with van der Waals surface area (Å²) in [6, 6.07) is 0. The summed E-state index contributed by atoms with van der Waals surface area (Å²) in [4.78, 5) is 0. The van der Waals surface area contributed by atoms with E-state index in [-0.39, 0.29) is 0 Å². The third-order valence-corrected chi connectivity index (χ3v) is 1.55. The number of hydrogen-bond donors (Lipinski definition) is 1. The van der Waals surface area contributed by atoms with E-state index >= 15 is 0 Å². The Bertz CT molecular complexity index is 41.4. The molecule has 0 radical (unpaired) electrons. The Hall–Kier alpha value is 0.220. The molecule has 0 heterocycles. The van der Waals surface area contributed by atoms with Gasteiger partial charge in [0.1, 0.15) is 0 Å². The maximum Gasteiger partial charge on any atom is -0.0151 e. The number of hydrogen-bond acceptors (Lipinski definition) is 0. The molecule has 0 aromatic heterocycles. The minimum absolute atomic E-state index is 1.29. The Balaban J connectivity index is 2.56. The fourth-order valence-electron chi connectivity index (χ4n) is 0.474. The highest BCUT2D eigenvalue weighted by molar-refractivity contribution is 7.96. The maximum atomic E-state index is 3.73. The first kappa shape index (κ1) is 7.22. The van der Waals surface area contributed by atoms with E-state index in [9.17, 15) is 0 Å². The third-order valence-electron chi connectivity index (χ3n) is 0.920. The van der Waals surface area contributed by atoms with E-state index < -0.39 is 0 Å². The lowest BCUT2D eigenvalue weighted by Crippen LogP contribution is -1.72. The fraction of sp³-hybridized carbons (Fsp3) is 0.833. The van der Waals surface area contributed by atoms with Gasteiger partial charge in [-0.2, -0.15) is 0 Å². The second kappa shape index (κ2) is 6.22. The van der Waals surface area contributed by atoms with Crippen LogP contribution in [-0.2, 0) is 0 Å². The summed E-state index contributed by atoms with van der Waals surface area (Å²) in [6.45, 7) is 2.22. The molecule has 0 fully saturated rings. The highest BCUT2D eigenvalue weighted by Crippen LogP contribution is 1.95. The first-order chi connectivity index (χ1) is 3.41. The molecule has 44 valence electrons. The molecule has 7 heavy (non-hydrogen) atoms. The van der Waals surface area contributed by atoms with E-state index in [1.54, 1.807) is 0 Å². The number of unbranched alkanes of at least 4 members (excludes halogenated alkanes) is 2. The van der Waals surface area contributed by atoms with Gasteiger partial charge in [0.2, 0.25) is 0 Å². The molecule has 0 atom stereocenters. The first-order valence-electron chi connectivity index (χ1n) is 2.84. The largest absolute Gasteiger partial charge is 0.208 e. The molecule has 0 aliphatic heterocycles. The third kappa shape index (κ3) is 6.22. The van der Waals surface area contributed by atoms with Gasteiger partial charge in [-0.05, 0) is 12.2 Å². The Morgan fingerprint density at radius 2 is 2.14 bits per heavy atom. The SMILES string of the molecule is C=[SH]CCCCC. The first-order valence-corrected chi connectivity index (χ1v) is 4.10. The summed E-state index contributed by atoms with van der Waals surface area (Å²) in [7, 11) is 0. The van der Waals surface area contributed by atoms with Gasteiger partial charge >= 0.3 is 0 Å². The molecule has 0 aromatic rings. The number of rotatable bonds is 4. The minimum Gasteiger partial charge on any atom is -0.208 e. The summed E-state index contributed by atoms with van der Waals surface area (Å²) < 4.78 is 0. The zero-order chi connectivity index (χ0) is 5.54. The van der Waals surface area contributed by atoms with Crippen LogP contribution in [0.3, 0.4) is 0 Å². The highest BCUT2D eigenvalue weighted by atomic mass is 32.1. The lowest BCUT2D eigenvalue weighted by Gasteiger charge is -1.88. The molecule has 0 N–H and O–H groups in total. The molecule has 0 spiro atoms. The van der Waals surface area contributed by atoms with E-state index in [4.69, 9.17) is 0 Å². The van der Waals surface area contributed by atoms with Crippen molar-refractivity contribution < 1.29 is 0 Å². The van der Waals surface area contributed by atoms with Crippen molar-refractivity contribution in [2.24, 2.45) is 0 Å². The van der Waals surface area contributed by atoms with Gasteiger partial charge in [0.25, 0.3) is 0 Å². The lowest BCUT2D eigenvalue weighted by molar-refractivity contribution is 0.780. The predicted octanol–water partition coefficient (Wildman–Crippen LogP) is 2.07. The summed E-state index contributed by atoms with van der Waals surface area (Å²) in [5.74, 6) is 5.02. The van der Waals surface area contributed by atoms with E-state index in [0.717, 1.165) is 0 Å². The standard InChI is InChI=1S/C6H14S/c1-3-4-5-6-7-2/h7H,2-6H2,1H3. The van der Waals surface area contributed by atoms with Crippen molar-refractivity contribution in [2.75, 3.05) is 5.75 Å². The monoisotopic (exact) mass is 118 g/mol. The Morgan fingerprint density at radius 3 is 2.57 bits per heavy atom. The van der Waals surface area contributed by atoms with E-state index in [2.05, 4.69) is 12.8 Å². The molecule has 0 aliphatic rings. The highest BCUT2D eigenvalue weighted by Gasteiger charge is 1.77. The van der Waals surface area contributed by atoms with Gasteiger partial charge in [-0.25, -0.2) is 11.4 Å². The van der Waals surface area contributed by atoms with Crippen LogP contribution >= 0.6 is 11.4 Å². The lowest BCUT2D eigenvalue weighted by atomic mass is 10.3. The van der Waals surface area contributed by atoms with Crippen LogP contribution < -0.4 is 0 Å². The van der Waals surface area contributed by atoms with Gasteiger partial charge in [-0.3, -0.25) is 0 Å². The van der Waals surface area contributed by atoms with Crippen molar-refractivity contribution in [1.29, 1.82) is 0 Å². The van der Waals surface area contributed by atoms with Crippen LogP contribution in [0.15, 0.2) is 0 Å². The van der Waals surface area contributed by atoms with E-state index in [1.807, 2.05) is 0 Å². The van der Waals surface area contributed by atoms with Crippen LogP contribution in [0.2, 0.25) is 0 Å². The van der Waals surface area contributed by atoms with E-state index in [0.29, 0.717) is 0 Å². The molecule has 0 nitrogen and oxygen atoms in total. The molecule has 0 saturated heterocycles. The van der Waals surface area contributed by atoms with Gasteiger partial charge in [-0.15, -0.1) is 0 Å². The molecule has 0 aromatic carbocycles. The average molecular weight is 118 g/mol. The molecule has 0 saturated carbocycles. The quantitative estimate of drug-likeness (QED) is 0.326. The van der Waals surface area contributed by atoms with Crippen LogP contribution in [0.25, 0.3) is 0 Å². The van der Waals surface area contributed by atoms with Crippen LogP contribution in [0.4, 0.5) is 0 Å². The normalized spacial score (nSPS) is 9.29. The molecular weight excluding hydrogens is 104 g/mol. The second-order valence-corrected chi connectivity index (χ2v) is 2.55. The molecule has 0 amide bonds. The predicted molar refractivity (Wildman–Crippen MR) is 40.5 cm³/mol. The Kier molecular flexibility index (Phi) is 6.42. The van der Waals surface area contributed by atoms with Crippen molar-refractivity contribution >= 4 is 17.2 Å². The van der Waals surface area contributed by atoms with Crippen molar-refractivity contribution in [3.8, 4) is 0 Å².